The Hall–Kier alpha value is -2.67. The van der Waals surface area contributed by atoms with E-state index in [1.807, 2.05) is 48.0 Å². The molecule has 1 aromatic carbocycles. The number of rotatable bonds is 8. The minimum atomic E-state index is -0.0279. The van der Waals surface area contributed by atoms with E-state index in [4.69, 9.17) is 9.97 Å². The molecule has 0 aliphatic carbocycles. The van der Waals surface area contributed by atoms with Gasteiger partial charge in [0.2, 0.25) is 5.95 Å². The maximum absolute atomic E-state index is 9.66. The van der Waals surface area contributed by atoms with Crippen LogP contribution in [0.5, 0.6) is 0 Å². The Kier molecular flexibility index (Phi) is 5.91. The van der Waals surface area contributed by atoms with Gasteiger partial charge in [0.15, 0.2) is 17.0 Å². The van der Waals surface area contributed by atoms with Crippen molar-refractivity contribution >= 4 is 22.9 Å². The van der Waals surface area contributed by atoms with E-state index < -0.39 is 0 Å². The van der Waals surface area contributed by atoms with Gasteiger partial charge in [-0.3, -0.25) is 0 Å². The monoisotopic (exact) mass is 368 g/mol. The van der Waals surface area contributed by atoms with Crippen LogP contribution in [0.2, 0.25) is 0 Å². The highest BCUT2D eigenvalue weighted by molar-refractivity contribution is 5.84. The van der Waals surface area contributed by atoms with Crippen molar-refractivity contribution in [3.8, 4) is 0 Å². The summed E-state index contributed by atoms with van der Waals surface area (Å²) >= 11 is 0. The van der Waals surface area contributed by atoms with Gasteiger partial charge >= 0.3 is 0 Å². The van der Waals surface area contributed by atoms with E-state index in [9.17, 15) is 5.11 Å². The molecule has 0 amide bonds. The molecule has 0 saturated heterocycles. The van der Waals surface area contributed by atoms with Gasteiger partial charge in [-0.15, -0.1) is 0 Å². The van der Waals surface area contributed by atoms with Crippen LogP contribution >= 0.6 is 0 Å². The molecule has 144 valence electrons. The Labute approximate surface area is 160 Å². The van der Waals surface area contributed by atoms with Gasteiger partial charge in [-0.25, -0.2) is 4.98 Å². The van der Waals surface area contributed by atoms with Gasteiger partial charge in [0, 0.05) is 19.6 Å². The number of likely N-dealkylation sites (N-methyl/N-ethyl adjacent to an activating group) is 1. The summed E-state index contributed by atoms with van der Waals surface area (Å²) in [6, 6.07) is 10.4. The Morgan fingerprint density at radius 1 is 1.19 bits per heavy atom. The zero-order valence-electron chi connectivity index (χ0n) is 16.4. The predicted molar refractivity (Wildman–Crippen MR) is 109 cm³/mol. The number of imidazole rings is 1. The Balaban J connectivity index is 2.02. The third-order valence-electron chi connectivity index (χ3n) is 4.81. The van der Waals surface area contributed by atoms with Crippen molar-refractivity contribution in [2.75, 3.05) is 23.9 Å². The fraction of sp³-hybridized carbons (Fsp3) is 0.450. The van der Waals surface area contributed by atoms with E-state index in [2.05, 4.69) is 36.3 Å². The summed E-state index contributed by atoms with van der Waals surface area (Å²) in [5, 5.41) is 13.1. The van der Waals surface area contributed by atoms with E-state index in [0.29, 0.717) is 18.3 Å². The van der Waals surface area contributed by atoms with Crippen molar-refractivity contribution in [3.05, 3.63) is 42.2 Å². The normalized spacial score (nSPS) is 12.5. The van der Waals surface area contributed by atoms with E-state index in [1.54, 1.807) is 0 Å². The lowest BCUT2D eigenvalue weighted by atomic mass is 10.2. The number of hydrogen-bond donors (Lipinski definition) is 2. The van der Waals surface area contributed by atoms with E-state index in [0.717, 1.165) is 17.6 Å². The number of aliphatic hydroxyl groups excluding tert-OH is 1. The molecule has 0 radical (unpaired) electrons. The summed E-state index contributed by atoms with van der Waals surface area (Å²) in [6.07, 6.45) is 2.62. The molecule has 7 nitrogen and oxygen atoms in total. The van der Waals surface area contributed by atoms with Gasteiger partial charge in [0.05, 0.1) is 19.0 Å². The molecule has 0 bridgehead atoms. The first-order chi connectivity index (χ1) is 13.0. The lowest BCUT2D eigenvalue weighted by molar-refractivity contribution is 0.258. The van der Waals surface area contributed by atoms with Gasteiger partial charge in [-0.2, -0.15) is 9.97 Å². The highest BCUT2D eigenvalue weighted by Crippen LogP contribution is 2.25. The number of benzene rings is 1. The van der Waals surface area contributed by atoms with Crippen molar-refractivity contribution in [3.63, 3.8) is 0 Å². The van der Waals surface area contributed by atoms with Crippen LogP contribution in [0.15, 0.2) is 36.7 Å². The molecule has 2 N–H and O–H groups in total. The molecule has 3 rings (SSSR count). The molecule has 0 saturated carbocycles. The van der Waals surface area contributed by atoms with Crippen molar-refractivity contribution in [1.82, 2.24) is 19.5 Å². The van der Waals surface area contributed by atoms with Crippen LogP contribution in [-0.4, -0.2) is 44.3 Å². The van der Waals surface area contributed by atoms with Crippen molar-refractivity contribution < 1.29 is 5.11 Å². The van der Waals surface area contributed by atoms with Crippen LogP contribution in [0.3, 0.4) is 0 Å². The second-order valence-corrected chi connectivity index (χ2v) is 6.98. The minimum Gasteiger partial charge on any atom is -0.394 e. The van der Waals surface area contributed by atoms with Crippen molar-refractivity contribution in [2.24, 2.45) is 0 Å². The lowest BCUT2D eigenvalue weighted by Gasteiger charge is -2.26. The number of aromatic nitrogens is 4. The average Bonchev–Trinajstić information content (AvgIpc) is 3.12. The van der Waals surface area contributed by atoms with Crippen LogP contribution in [0.4, 0.5) is 11.8 Å². The molecule has 0 aliphatic rings. The Bertz CT molecular complexity index is 873. The second kappa shape index (κ2) is 8.35. The minimum absolute atomic E-state index is 0.0279. The summed E-state index contributed by atoms with van der Waals surface area (Å²) in [6.45, 7) is 6.97. The summed E-state index contributed by atoms with van der Waals surface area (Å²) in [7, 11) is 1.92. The maximum Gasteiger partial charge on any atom is 0.229 e. The largest absolute Gasteiger partial charge is 0.394 e. The number of fused-ring (bicyclic) bond motifs is 1. The molecule has 2 heterocycles. The van der Waals surface area contributed by atoms with E-state index >= 15 is 0 Å². The lowest BCUT2D eigenvalue weighted by Crippen LogP contribution is -2.35. The second-order valence-electron chi connectivity index (χ2n) is 6.98. The molecule has 1 atom stereocenters. The van der Waals surface area contributed by atoms with Crippen molar-refractivity contribution in [2.45, 2.75) is 45.8 Å². The zero-order chi connectivity index (χ0) is 19.4. The highest BCUT2D eigenvalue weighted by atomic mass is 16.3. The summed E-state index contributed by atoms with van der Waals surface area (Å²) in [4.78, 5) is 16.0. The number of anilines is 2. The fourth-order valence-electron chi connectivity index (χ4n) is 3.03. The van der Waals surface area contributed by atoms with Gasteiger partial charge < -0.3 is 19.9 Å². The standard InChI is InChI=1S/C20H28N6O/c1-5-16(12-27)25(4)20-23-18(21-11-15-9-7-6-8-10-15)17-19(24-20)26(13-22-17)14(2)3/h6-10,13-14,16,27H,5,11-12H2,1-4H3,(H,21,23,24). The van der Waals surface area contributed by atoms with Crippen molar-refractivity contribution in [1.29, 1.82) is 0 Å². The molecule has 7 heteroatoms. The first kappa shape index (κ1) is 19.1. The van der Waals surface area contributed by atoms with Crippen LogP contribution in [0.1, 0.15) is 38.8 Å². The smallest absolute Gasteiger partial charge is 0.229 e. The molecule has 2 aromatic heterocycles. The molecule has 27 heavy (non-hydrogen) atoms. The zero-order valence-corrected chi connectivity index (χ0v) is 16.4. The number of nitrogens with zero attached hydrogens (tertiary/aromatic N) is 5. The van der Waals surface area contributed by atoms with Crippen LogP contribution in [0.25, 0.3) is 11.2 Å². The van der Waals surface area contributed by atoms with Gasteiger partial charge in [0.25, 0.3) is 0 Å². The van der Waals surface area contributed by atoms with Crippen LogP contribution in [-0.2, 0) is 6.54 Å². The third kappa shape index (κ3) is 4.03. The first-order valence-corrected chi connectivity index (χ1v) is 9.41. The molecular formula is C20H28N6O. The summed E-state index contributed by atoms with van der Waals surface area (Å²) in [5.41, 5.74) is 2.73. The van der Waals surface area contributed by atoms with E-state index in [1.165, 1.54) is 5.56 Å². The van der Waals surface area contributed by atoms with Crippen LogP contribution < -0.4 is 10.2 Å². The van der Waals surface area contributed by atoms with Gasteiger partial charge in [-0.05, 0) is 25.8 Å². The maximum atomic E-state index is 9.66. The molecule has 3 aromatic rings. The van der Waals surface area contributed by atoms with E-state index in [-0.39, 0.29) is 18.7 Å². The third-order valence-corrected chi connectivity index (χ3v) is 4.81. The molecule has 0 aliphatic heterocycles. The number of nitrogens with one attached hydrogen (secondary N) is 1. The predicted octanol–water partition coefficient (Wildman–Crippen LogP) is 3.23. The Morgan fingerprint density at radius 3 is 2.56 bits per heavy atom. The SMILES string of the molecule is CCC(CO)N(C)c1nc(NCc2ccccc2)c2ncn(C(C)C)c2n1. The molecule has 1 unspecified atom stereocenters. The number of aliphatic hydroxyl groups is 1. The molecule has 0 fully saturated rings. The highest BCUT2D eigenvalue weighted by Gasteiger charge is 2.20. The first-order valence-electron chi connectivity index (χ1n) is 9.41. The summed E-state index contributed by atoms with van der Waals surface area (Å²) in [5.74, 6) is 1.29. The summed E-state index contributed by atoms with van der Waals surface area (Å²) < 4.78 is 2.04. The molecule has 0 spiro atoms. The molecular weight excluding hydrogens is 340 g/mol. The fourth-order valence-corrected chi connectivity index (χ4v) is 3.03. The van der Waals surface area contributed by atoms with Gasteiger partial charge in [0.1, 0.15) is 0 Å². The quantitative estimate of drug-likeness (QED) is 0.635. The number of hydrogen-bond acceptors (Lipinski definition) is 6. The topological polar surface area (TPSA) is 79.1 Å². The van der Waals surface area contributed by atoms with Gasteiger partial charge in [-0.1, -0.05) is 37.3 Å². The van der Waals surface area contributed by atoms with Crippen LogP contribution in [0, 0.1) is 0 Å². The average molecular weight is 368 g/mol. The Morgan fingerprint density at radius 2 is 1.93 bits per heavy atom.